The zero-order valence-electron chi connectivity index (χ0n) is 9.29. The summed E-state index contributed by atoms with van der Waals surface area (Å²) in [7, 11) is 0. The van der Waals surface area contributed by atoms with Crippen LogP contribution >= 0.6 is 15.9 Å². The van der Waals surface area contributed by atoms with Gasteiger partial charge in [-0.2, -0.15) is 0 Å². The number of rotatable bonds is 4. The van der Waals surface area contributed by atoms with E-state index in [1.54, 1.807) is 0 Å². The Kier molecular flexibility index (Phi) is 4.75. The van der Waals surface area contributed by atoms with Crippen molar-refractivity contribution in [1.82, 2.24) is 10.3 Å². The Morgan fingerprint density at radius 1 is 1.44 bits per heavy atom. The highest BCUT2D eigenvalue weighted by Gasteiger charge is 2.12. The summed E-state index contributed by atoms with van der Waals surface area (Å²) >= 11 is 3.38. The summed E-state index contributed by atoms with van der Waals surface area (Å²) in [5.74, 6) is 0.777. The van der Waals surface area contributed by atoms with E-state index in [1.807, 2.05) is 12.3 Å². The maximum absolute atomic E-state index is 5.34. The van der Waals surface area contributed by atoms with Crippen LogP contribution < -0.4 is 5.32 Å². The van der Waals surface area contributed by atoms with E-state index in [1.165, 1.54) is 18.4 Å². The molecule has 0 aromatic carbocycles. The molecule has 0 aliphatic carbocycles. The molecule has 0 spiro atoms. The van der Waals surface area contributed by atoms with Gasteiger partial charge in [0.1, 0.15) is 4.60 Å². The van der Waals surface area contributed by atoms with Gasteiger partial charge >= 0.3 is 0 Å². The van der Waals surface area contributed by atoms with Crippen molar-refractivity contribution in [3.8, 4) is 0 Å². The molecule has 1 N–H and O–H groups in total. The Morgan fingerprint density at radius 3 is 3.00 bits per heavy atom. The Balaban J connectivity index is 1.71. The molecule has 1 fully saturated rings. The van der Waals surface area contributed by atoms with Crippen LogP contribution in [0.15, 0.2) is 22.9 Å². The van der Waals surface area contributed by atoms with Gasteiger partial charge in [-0.1, -0.05) is 0 Å². The molecule has 2 heterocycles. The van der Waals surface area contributed by atoms with Crippen molar-refractivity contribution in [1.29, 1.82) is 0 Å². The lowest BCUT2D eigenvalue weighted by molar-refractivity contribution is 0.0662. The van der Waals surface area contributed by atoms with Gasteiger partial charge in [0, 0.05) is 26.0 Å². The summed E-state index contributed by atoms with van der Waals surface area (Å²) in [4.78, 5) is 4.11. The first-order valence-electron chi connectivity index (χ1n) is 5.73. The minimum atomic E-state index is 0.777. The van der Waals surface area contributed by atoms with Crippen molar-refractivity contribution in [3.63, 3.8) is 0 Å². The van der Waals surface area contributed by atoms with Crippen LogP contribution in [-0.2, 0) is 11.3 Å². The number of hydrogen-bond donors (Lipinski definition) is 1. The van der Waals surface area contributed by atoms with Gasteiger partial charge in [0.15, 0.2) is 0 Å². The van der Waals surface area contributed by atoms with Crippen molar-refractivity contribution in [2.45, 2.75) is 19.4 Å². The zero-order chi connectivity index (χ0) is 11.2. The van der Waals surface area contributed by atoms with Crippen molar-refractivity contribution < 1.29 is 4.74 Å². The number of ether oxygens (including phenoxy) is 1. The molecule has 1 aliphatic rings. The van der Waals surface area contributed by atoms with E-state index < -0.39 is 0 Å². The van der Waals surface area contributed by atoms with Gasteiger partial charge in [-0.15, -0.1) is 0 Å². The highest BCUT2D eigenvalue weighted by Crippen LogP contribution is 2.13. The molecule has 2 rings (SSSR count). The average molecular weight is 285 g/mol. The number of nitrogens with zero attached hydrogens (tertiary/aromatic N) is 1. The maximum Gasteiger partial charge on any atom is 0.106 e. The van der Waals surface area contributed by atoms with Crippen molar-refractivity contribution in [3.05, 3.63) is 28.5 Å². The fourth-order valence-electron chi connectivity index (χ4n) is 1.92. The third kappa shape index (κ3) is 3.85. The van der Waals surface area contributed by atoms with Gasteiger partial charge in [-0.3, -0.25) is 0 Å². The van der Waals surface area contributed by atoms with E-state index in [2.05, 4.69) is 32.3 Å². The van der Waals surface area contributed by atoms with Crippen LogP contribution in [0.2, 0.25) is 0 Å². The fraction of sp³-hybridized carbons (Fsp3) is 0.583. The Labute approximate surface area is 105 Å². The van der Waals surface area contributed by atoms with E-state index in [0.29, 0.717) is 0 Å². The van der Waals surface area contributed by atoms with Gasteiger partial charge < -0.3 is 10.1 Å². The minimum Gasteiger partial charge on any atom is -0.381 e. The third-order valence-electron chi connectivity index (χ3n) is 2.89. The second kappa shape index (κ2) is 6.33. The second-order valence-corrected chi connectivity index (χ2v) is 4.99. The molecule has 3 nitrogen and oxygen atoms in total. The summed E-state index contributed by atoms with van der Waals surface area (Å²) in [5, 5.41) is 3.49. The molecule has 0 bridgehead atoms. The first-order valence-corrected chi connectivity index (χ1v) is 6.53. The number of pyridine rings is 1. The van der Waals surface area contributed by atoms with E-state index in [0.717, 1.165) is 36.8 Å². The molecule has 0 radical (unpaired) electrons. The number of hydrogen-bond acceptors (Lipinski definition) is 3. The van der Waals surface area contributed by atoms with Crippen LogP contribution in [0.25, 0.3) is 0 Å². The summed E-state index contributed by atoms with van der Waals surface area (Å²) in [6.07, 6.45) is 4.20. The summed E-state index contributed by atoms with van der Waals surface area (Å²) in [6, 6.07) is 4.10. The van der Waals surface area contributed by atoms with Crippen molar-refractivity contribution in [2.75, 3.05) is 19.8 Å². The van der Waals surface area contributed by atoms with E-state index >= 15 is 0 Å². The first kappa shape index (κ1) is 12.0. The lowest BCUT2D eigenvalue weighted by Gasteiger charge is -2.22. The maximum atomic E-state index is 5.34. The second-order valence-electron chi connectivity index (χ2n) is 4.17. The van der Waals surface area contributed by atoms with Crippen molar-refractivity contribution in [2.24, 2.45) is 5.92 Å². The van der Waals surface area contributed by atoms with E-state index in [9.17, 15) is 0 Å². The highest BCUT2D eigenvalue weighted by molar-refractivity contribution is 9.10. The highest BCUT2D eigenvalue weighted by atomic mass is 79.9. The molecule has 1 saturated heterocycles. The average Bonchev–Trinajstić information content (AvgIpc) is 2.30. The Bertz CT molecular complexity index is 327. The number of halogens is 1. The van der Waals surface area contributed by atoms with Gasteiger partial charge in [0.05, 0.1) is 0 Å². The van der Waals surface area contributed by atoms with Crippen LogP contribution in [0.3, 0.4) is 0 Å². The monoisotopic (exact) mass is 284 g/mol. The topological polar surface area (TPSA) is 34.1 Å². The quantitative estimate of drug-likeness (QED) is 0.862. The molecule has 1 aromatic rings. The molecule has 4 heteroatoms. The third-order valence-corrected chi connectivity index (χ3v) is 3.33. The predicted molar refractivity (Wildman–Crippen MR) is 67.2 cm³/mol. The van der Waals surface area contributed by atoms with Crippen molar-refractivity contribution >= 4 is 15.9 Å². The summed E-state index contributed by atoms with van der Waals surface area (Å²) < 4.78 is 6.24. The molecule has 88 valence electrons. The smallest absolute Gasteiger partial charge is 0.106 e. The van der Waals surface area contributed by atoms with Gasteiger partial charge in [0.2, 0.25) is 0 Å². The fourth-order valence-corrected chi connectivity index (χ4v) is 2.34. The van der Waals surface area contributed by atoms with Crippen LogP contribution in [0.4, 0.5) is 0 Å². The standard InChI is InChI=1S/C12H17BrN2O/c13-12-7-11(1-4-15-12)9-14-8-10-2-5-16-6-3-10/h1,4,7,10,14H,2-3,5-6,8-9H2. The van der Waals surface area contributed by atoms with Gasteiger partial charge in [-0.05, 0) is 58.9 Å². The van der Waals surface area contributed by atoms with Crippen LogP contribution in [0, 0.1) is 5.92 Å². The Hall–Kier alpha value is -0.450. The molecule has 1 aliphatic heterocycles. The molecule has 0 amide bonds. The molecule has 1 aromatic heterocycles. The minimum absolute atomic E-state index is 0.777. The molecule has 0 saturated carbocycles. The van der Waals surface area contributed by atoms with Gasteiger partial charge in [0.25, 0.3) is 0 Å². The molecule has 0 atom stereocenters. The molecule has 16 heavy (non-hydrogen) atoms. The Morgan fingerprint density at radius 2 is 2.25 bits per heavy atom. The van der Waals surface area contributed by atoms with E-state index in [4.69, 9.17) is 4.74 Å². The van der Waals surface area contributed by atoms with Gasteiger partial charge in [-0.25, -0.2) is 4.98 Å². The first-order chi connectivity index (χ1) is 7.84. The summed E-state index contributed by atoms with van der Waals surface area (Å²) in [6.45, 7) is 3.85. The van der Waals surface area contributed by atoms with Crippen LogP contribution in [0.5, 0.6) is 0 Å². The normalized spacial score (nSPS) is 17.6. The lowest BCUT2D eigenvalue weighted by atomic mass is 10.0. The molecular weight excluding hydrogens is 268 g/mol. The summed E-state index contributed by atoms with van der Waals surface area (Å²) in [5.41, 5.74) is 1.27. The SMILES string of the molecule is Brc1cc(CNCC2CCOCC2)ccn1. The largest absolute Gasteiger partial charge is 0.381 e. The lowest BCUT2D eigenvalue weighted by Crippen LogP contribution is -2.27. The molecule has 0 unspecified atom stereocenters. The number of aromatic nitrogens is 1. The zero-order valence-corrected chi connectivity index (χ0v) is 10.9. The molecular formula is C12H17BrN2O. The van der Waals surface area contributed by atoms with E-state index in [-0.39, 0.29) is 0 Å². The number of nitrogens with one attached hydrogen (secondary N) is 1. The van der Waals surface area contributed by atoms with Crippen LogP contribution in [-0.4, -0.2) is 24.7 Å². The predicted octanol–water partition coefficient (Wildman–Crippen LogP) is 2.36. The van der Waals surface area contributed by atoms with Crippen LogP contribution in [0.1, 0.15) is 18.4 Å².